The standard InChI is InChI=1S/C38H38F4N6O2S/c1-25(30-19-43-44-20-30)34-22-47(37(45-36(34)50)51-24-27-5-13-32(39)14-6-27)23-35(49)48(33-15-17-46(2)18-16-33)21-26-3-7-28(8-4-26)29-9-11-31(12-10-29)38(40,41)42/h3-14,19-20,22,25,33H,15-18,21,23-24H2,1-2H3,(H,43,44). The number of aromatic amines is 1. The lowest BCUT2D eigenvalue weighted by Gasteiger charge is -2.37. The molecule has 3 aromatic carbocycles. The highest BCUT2D eigenvalue weighted by molar-refractivity contribution is 7.98. The third-order valence-electron chi connectivity index (χ3n) is 9.36. The van der Waals surface area contributed by atoms with E-state index < -0.39 is 17.3 Å². The van der Waals surface area contributed by atoms with E-state index in [1.807, 2.05) is 36.1 Å². The van der Waals surface area contributed by atoms with E-state index in [0.29, 0.717) is 28.6 Å². The SMILES string of the molecule is CC(c1cn[nH]c1)c1cn(CC(=O)N(Cc2ccc(-c3ccc(C(F)(F)F)cc3)cc2)C2CCN(C)CC2)c(SCc2ccc(F)cc2)nc1=O. The average Bonchev–Trinajstić information content (AvgIpc) is 3.67. The molecule has 266 valence electrons. The normalized spacial score (nSPS) is 14.8. The summed E-state index contributed by atoms with van der Waals surface area (Å²) in [6.07, 6.45) is 2.28. The minimum atomic E-state index is -4.40. The van der Waals surface area contributed by atoms with Crippen LogP contribution in [0, 0.1) is 5.82 Å². The van der Waals surface area contributed by atoms with Crippen LogP contribution >= 0.6 is 11.8 Å². The van der Waals surface area contributed by atoms with E-state index in [1.54, 1.807) is 35.3 Å². The van der Waals surface area contributed by atoms with Crippen molar-refractivity contribution < 1.29 is 22.4 Å². The van der Waals surface area contributed by atoms with Crippen molar-refractivity contribution >= 4 is 17.7 Å². The van der Waals surface area contributed by atoms with E-state index in [0.717, 1.165) is 60.3 Å². The maximum absolute atomic E-state index is 14.4. The van der Waals surface area contributed by atoms with Gasteiger partial charge in [-0.3, -0.25) is 14.7 Å². The number of rotatable bonds is 11. The van der Waals surface area contributed by atoms with Gasteiger partial charge in [0, 0.05) is 42.2 Å². The molecule has 1 aliphatic heterocycles. The van der Waals surface area contributed by atoms with Crippen LogP contribution in [-0.4, -0.2) is 61.6 Å². The smallest absolute Gasteiger partial charge is 0.334 e. The van der Waals surface area contributed by atoms with Crippen LogP contribution in [0.2, 0.25) is 0 Å². The molecule has 0 spiro atoms. The zero-order valence-corrected chi connectivity index (χ0v) is 29.1. The highest BCUT2D eigenvalue weighted by Crippen LogP contribution is 2.31. The molecule has 1 unspecified atom stereocenters. The van der Waals surface area contributed by atoms with Crippen molar-refractivity contribution in [2.75, 3.05) is 20.1 Å². The van der Waals surface area contributed by atoms with E-state index in [1.165, 1.54) is 36.0 Å². The second-order valence-corrected chi connectivity index (χ2v) is 13.9. The van der Waals surface area contributed by atoms with Crippen molar-refractivity contribution in [3.8, 4) is 11.1 Å². The zero-order chi connectivity index (χ0) is 36.1. The molecule has 1 aliphatic rings. The number of nitrogens with one attached hydrogen (secondary N) is 1. The Bertz CT molecular complexity index is 1970. The number of alkyl halides is 3. The van der Waals surface area contributed by atoms with Crippen LogP contribution in [0.25, 0.3) is 11.1 Å². The van der Waals surface area contributed by atoms with E-state index in [2.05, 4.69) is 27.1 Å². The molecule has 2 aromatic heterocycles. The van der Waals surface area contributed by atoms with Crippen molar-refractivity contribution in [3.05, 3.63) is 135 Å². The minimum Gasteiger partial charge on any atom is -0.334 e. The minimum absolute atomic E-state index is 0.0183. The predicted octanol–water partition coefficient (Wildman–Crippen LogP) is 7.36. The Morgan fingerprint density at radius 2 is 1.61 bits per heavy atom. The third-order valence-corrected chi connectivity index (χ3v) is 10.4. The molecular formula is C38H38F4N6O2S. The maximum atomic E-state index is 14.4. The first-order valence-corrected chi connectivity index (χ1v) is 17.6. The molecule has 1 saturated heterocycles. The number of benzene rings is 3. The number of amides is 1. The highest BCUT2D eigenvalue weighted by atomic mass is 32.2. The Kier molecular flexibility index (Phi) is 11.1. The van der Waals surface area contributed by atoms with E-state index in [9.17, 15) is 27.2 Å². The Labute approximate surface area is 297 Å². The van der Waals surface area contributed by atoms with Crippen molar-refractivity contribution in [2.24, 2.45) is 0 Å². The van der Waals surface area contributed by atoms with Gasteiger partial charge in [0.05, 0.1) is 11.8 Å². The molecule has 6 rings (SSSR count). The molecule has 8 nitrogen and oxygen atoms in total. The van der Waals surface area contributed by atoms with Crippen LogP contribution in [0.5, 0.6) is 0 Å². The summed E-state index contributed by atoms with van der Waals surface area (Å²) in [5.74, 6) is -0.381. The first-order valence-electron chi connectivity index (χ1n) is 16.7. The molecule has 0 bridgehead atoms. The molecule has 51 heavy (non-hydrogen) atoms. The summed E-state index contributed by atoms with van der Waals surface area (Å²) in [4.78, 5) is 36.3. The molecule has 5 aromatic rings. The molecule has 1 N–H and O–H groups in total. The highest BCUT2D eigenvalue weighted by Gasteiger charge is 2.30. The summed E-state index contributed by atoms with van der Waals surface area (Å²) in [5, 5.41) is 7.18. The Morgan fingerprint density at radius 1 is 0.980 bits per heavy atom. The molecule has 1 fully saturated rings. The molecule has 1 atom stereocenters. The van der Waals surface area contributed by atoms with Gasteiger partial charge in [-0.2, -0.15) is 23.3 Å². The second-order valence-electron chi connectivity index (χ2n) is 12.9. The number of aromatic nitrogens is 4. The monoisotopic (exact) mass is 718 g/mol. The van der Waals surface area contributed by atoms with Crippen LogP contribution in [-0.2, 0) is 29.8 Å². The van der Waals surface area contributed by atoms with Gasteiger partial charge in [0.15, 0.2) is 5.16 Å². The number of hydrogen-bond donors (Lipinski definition) is 1. The molecule has 3 heterocycles. The fourth-order valence-electron chi connectivity index (χ4n) is 6.24. The van der Waals surface area contributed by atoms with E-state index >= 15 is 0 Å². The fraction of sp³-hybridized carbons (Fsp3) is 0.316. The Morgan fingerprint density at radius 3 is 2.22 bits per heavy atom. The fourth-order valence-corrected chi connectivity index (χ4v) is 7.16. The first-order chi connectivity index (χ1) is 24.4. The van der Waals surface area contributed by atoms with Crippen LogP contribution in [0.1, 0.15) is 53.5 Å². The van der Waals surface area contributed by atoms with Gasteiger partial charge in [-0.15, -0.1) is 0 Å². The van der Waals surface area contributed by atoms with Crippen LogP contribution in [0.4, 0.5) is 17.6 Å². The van der Waals surface area contributed by atoms with Gasteiger partial charge in [0.2, 0.25) is 5.91 Å². The van der Waals surface area contributed by atoms with Gasteiger partial charge in [0.1, 0.15) is 12.4 Å². The number of carbonyl (C=O) groups is 1. The van der Waals surface area contributed by atoms with Gasteiger partial charge in [-0.1, -0.05) is 67.2 Å². The summed E-state index contributed by atoms with van der Waals surface area (Å²) in [7, 11) is 2.06. The number of nitrogens with zero attached hydrogens (tertiary/aromatic N) is 5. The molecular weight excluding hydrogens is 681 g/mol. The average molecular weight is 719 g/mol. The maximum Gasteiger partial charge on any atom is 0.416 e. The number of H-pyrrole nitrogens is 1. The van der Waals surface area contributed by atoms with Gasteiger partial charge in [-0.05, 0) is 85.1 Å². The van der Waals surface area contributed by atoms with Gasteiger partial charge in [-0.25, -0.2) is 4.39 Å². The molecule has 1 amide bonds. The molecule has 0 radical (unpaired) electrons. The summed E-state index contributed by atoms with van der Waals surface area (Å²) in [6.45, 7) is 3.85. The third kappa shape index (κ3) is 8.95. The summed E-state index contributed by atoms with van der Waals surface area (Å²) in [6, 6.07) is 18.7. The number of piperidine rings is 1. The second kappa shape index (κ2) is 15.6. The summed E-state index contributed by atoms with van der Waals surface area (Å²) in [5.41, 5.74) is 3.31. The van der Waals surface area contributed by atoms with Gasteiger partial charge < -0.3 is 14.4 Å². The number of carbonyl (C=O) groups excluding carboxylic acids is 1. The van der Waals surface area contributed by atoms with Crippen molar-refractivity contribution in [3.63, 3.8) is 0 Å². The Hall–Kier alpha value is -4.75. The number of likely N-dealkylation sites (tertiary alicyclic amines) is 1. The molecule has 0 aliphatic carbocycles. The number of thioether (sulfide) groups is 1. The van der Waals surface area contributed by atoms with Gasteiger partial charge >= 0.3 is 6.18 Å². The van der Waals surface area contributed by atoms with E-state index in [-0.39, 0.29) is 30.2 Å². The lowest BCUT2D eigenvalue weighted by Crippen LogP contribution is -2.47. The first kappa shape index (κ1) is 36.1. The quantitative estimate of drug-likeness (QED) is 0.0873. The summed E-state index contributed by atoms with van der Waals surface area (Å²) < 4.78 is 54.5. The van der Waals surface area contributed by atoms with Crippen molar-refractivity contribution in [1.82, 2.24) is 29.5 Å². The lowest BCUT2D eigenvalue weighted by atomic mass is 9.98. The zero-order valence-electron chi connectivity index (χ0n) is 28.2. The topological polar surface area (TPSA) is 87.1 Å². The van der Waals surface area contributed by atoms with Crippen LogP contribution < -0.4 is 5.56 Å². The molecule has 13 heteroatoms. The van der Waals surface area contributed by atoms with E-state index in [4.69, 9.17) is 0 Å². The van der Waals surface area contributed by atoms with Crippen molar-refractivity contribution in [2.45, 2.75) is 61.9 Å². The van der Waals surface area contributed by atoms with Gasteiger partial charge in [0.25, 0.3) is 5.56 Å². The van der Waals surface area contributed by atoms with Crippen LogP contribution in [0.3, 0.4) is 0 Å². The van der Waals surface area contributed by atoms with Crippen LogP contribution in [0.15, 0.2) is 101 Å². The number of hydrogen-bond acceptors (Lipinski definition) is 6. The Balaban J connectivity index is 1.27. The predicted molar refractivity (Wildman–Crippen MR) is 189 cm³/mol. The summed E-state index contributed by atoms with van der Waals surface area (Å²) >= 11 is 1.30. The lowest BCUT2D eigenvalue weighted by molar-refractivity contribution is -0.137. The molecule has 0 saturated carbocycles. The van der Waals surface area contributed by atoms with Crippen molar-refractivity contribution in [1.29, 1.82) is 0 Å². The number of halogens is 4. The largest absolute Gasteiger partial charge is 0.416 e.